The Morgan fingerprint density at radius 2 is 1.64 bits per heavy atom. The monoisotopic (exact) mass is 582 g/mol. The van der Waals surface area contributed by atoms with E-state index in [1.807, 2.05) is 41.9 Å². The first-order valence-electron chi connectivity index (χ1n) is 11.1. The minimum absolute atomic E-state index is 0.444. The predicted molar refractivity (Wildman–Crippen MR) is 125 cm³/mol. The van der Waals surface area contributed by atoms with Crippen molar-refractivity contribution in [2.24, 2.45) is 5.92 Å². The summed E-state index contributed by atoms with van der Waals surface area (Å²) in [5.41, 5.74) is 0.981. The van der Waals surface area contributed by atoms with Crippen LogP contribution in [0.15, 0.2) is 54.3 Å². The van der Waals surface area contributed by atoms with Crippen molar-refractivity contribution in [3.63, 3.8) is 0 Å². The second kappa shape index (κ2) is 14.6. The molecule has 0 bridgehead atoms. The minimum atomic E-state index is -5.08. The van der Waals surface area contributed by atoms with E-state index in [0.717, 1.165) is 44.3 Å². The molecule has 0 fully saturated rings. The predicted octanol–water partition coefficient (Wildman–Crippen LogP) is 4.46. The Hall–Kier alpha value is -3.50. The van der Waals surface area contributed by atoms with Gasteiger partial charge in [0.1, 0.15) is 5.82 Å². The third-order valence-electron chi connectivity index (χ3n) is 4.91. The zero-order valence-corrected chi connectivity index (χ0v) is 20.9. The fourth-order valence-electron chi connectivity index (χ4n) is 3.29. The molecule has 9 nitrogen and oxygen atoms in total. The van der Waals surface area contributed by atoms with Crippen molar-refractivity contribution in [3.8, 4) is 0 Å². The Balaban J connectivity index is 0.000000317. The lowest BCUT2D eigenvalue weighted by Gasteiger charge is -2.23. The fourth-order valence-corrected chi connectivity index (χ4v) is 4.03. The zero-order valence-electron chi connectivity index (χ0n) is 20.1. The molecule has 4 rings (SSSR count). The number of carboxylic acid groups (broad SMARTS) is 2. The van der Waals surface area contributed by atoms with Gasteiger partial charge in [-0.3, -0.25) is 9.88 Å². The van der Waals surface area contributed by atoms with E-state index >= 15 is 0 Å². The summed E-state index contributed by atoms with van der Waals surface area (Å²) < 4.78 is 71.7. The number of thiophene rings is 1. The first kappa shape index (κ1) is 31.7. The molecule has 0 saturated carbocycles. The van der Waals surface area contributed by atoms with Crippen LogP contribution in [0.25, 0.3) is 0 Å². The molecule has 0 aliphatic carbocycles. The van der Waals surface area contributed by atoms with Crippen molar-refractivity contribution in [2.75, 3.05) is 13.2 Å². The maximum absolute atomic E-state index is 10.6. The molecule has 0 saturated heterocycles. The summed E-state index contributed by atoms with van der Waals surface area (Å²) in [7, 11) is 0. The van der Waals surface area contributed by atoms with Gasteiger partial charge in [0.25, 0.3) is 0 Å². The Bertz CT molecular complexity index is 1130. The molecule has 0 amide bonds. The molecule has 0 radical (unpaired) electrons. The number of alkyl halides is 6. The SMILES string of the molecule is O=C(O)C(F)(F)F.O=C(O)C(F)(F)F.c1ccc(COCC2CN(Cc3cccs3)Cc3nccn3C2)nc1. The summed E-state index contributed by atoms with van der Waals surface area (Å²) in [6.45, 7) is 5.14. The molecule has 0 aromatic carbocycles. The van der Waals surface area contributed by atoms with Crippen molar-refractivity contribution < 1.29 is 50.9 Å². The van der Waals surface area contributed by atoms with Gasteiger partial charge in [0, 0.05) is 49.0 Å². The number of aromatic nitrogens is 3. The van der Waals surface area contributed by atoms with Gasteiger partial charge in [-0.25, -0.2) is 14.6 Å². The average molecular weight is 583 g/mol. The molecule has 1 aliphatic rings. The van der Waals surface area contributed by atoms with E-state index in [-0.39, 0.29) is 0 Å². The van der Waals surface area contributed by atoms with Gasteiger partial charge in [0.05, 0.1) is 25.5 Å². The van der Waals surface area contributed by atoms with E-state index in [9.17, 15) is 26.3 Å². The molecule has 16 heteroatoms. The number of aliphatic carboxylic acids is 2. The molecule has 1 atom stereocenters. The molecule has 3 aromatic heterocycles. The number of ether oxygens (including phenoxy) is 1. The minimum Gasteiger partial charge on any atom is -0.475 e. The summed E-state index contributed by atoms with van der Waals surface area (Å²) in [6.07, 6.45) is -4.38. The highest BCUT2D eigenvalue weighted by Crippen LogP contribution is 2.20. The largest absolute Gasteiger partial charge is 0.490 e. The van der Waals surface area contributed by atoms with Gasteiger partial charge < -0.3 is 19.5 Å². The number of pyridine rings is 1. The Labute approximate surface area is 222 Å². The molecule has 4 heterocycles. The standard InChI is InChI=1S/C19H22N4OS.2C2HF3O2/c1-2-6-20-17(4-1)15-24-14-16-10-22(12-18-5-3-9-25-18)13-19-21-7-8-23(19)11-16;2*3-2(4,5)1(6)7/h1-9,16H,10-15H2;2*(H,6,7). The molecular weight excluding hydrogens is 558 g/mol. The van der Waals surface area contributed by atoms with Crippen LogP contribution in [0.4, 0.5) is 26.3 Å². The summed E-state index contributed by atoms with van der Waals surface area (Å²) in [4.78, 5) is 30.5. The van der Waals surface area contributed by atoms with Crippen LogP contribution in [-0.4, -0.2) is 67.1 Å². The number of nitrogens with zero attached hydrogens (tertiary/aromatic N) is 4. The van der Waals surface area contributed by atoms with Crippen LogP contribution >= 0.6 is 11.3 Å². The molecule has 39 heavy (non-hydrogen) atoms. The molecule has 0 spiro atoms. The molecule has 2 N–H and O–H groups in total. The number of hydrogen-bond acceptors (Lipinski definition) is 7. The van der Waals surface area contributed by atoms with E-state index in [1.165, 1.54) is 4.88 Å². The maximum Gasteiger partial charge on any atom is 0.490 e. The molecule has 214 valence electrons. The number of fused-ring (bicyclic) bond motifs is 1. The molecular formula is C23H24F6N4O5S. The van der Waals surface area contributed by atoms with Crippen LogP contribution in [0, 0.1) is 5.92 Å². The van der Waals surface area contributed by atoms with Gasteiger partial charge in [-0.1, -0.05) is 12.1 Å². The zero-order chi connectivity index (χ0) is 29.1. The highest BCUT2D eigenvalue weighted by Gasteiger charge is 2.38. The van der Waals surface area contributed by atoms with Crippen molar-refractivity contribution >= 4 is 23.3 Å². The second-order valence-electron chi connectivity index (χ2n) is 8.05. The number of rotatable bonds is 6. The summed E-state index contributed by atoms with van der Waals surface area (Å²) in [6, 6.07) is 10.3. The fraction of sp³-hybridized carbons (Fsp3) is 0.391. The van der Waals surface area contributed by atoms with Gasteiger partial charge >= 0.3 is 24.3 Å². The third kappa shape index (κ3) is 11.8. The summed E-state index contributed by atoms with van der Waals surface area (Å²) >= 11 is 1.81. The van der Waals surface area contributed by atoms with Crippen LogP contribution in [0.2, 0.25) is 0 Å². The lowest BCUT2D eigenvalue weighted by atomic mass is 10.1. The smallest absolute Gasteiger partial charge is 0.475 e. The van der Waals surface area contributed by atoms with Crippen molar-refractivity contribution in [3.05, 3.63) is 70.7 Å². The summed E-state index contributed by atoms with van der Waals surface area (Å²) in [5.74, 6) is -3.93. The number of carbonyl (C=O) groups is 2. The van der Waals surface area contributed by atoms with E-state index in [4.69, 9.17) is 24.5 Å². The number of imidazole rings is 1. The first-order valence-corrected chi connectivity index (χ1v) is 12.0. The van der Waals surface area contributed by atoms with E-state index < -0.39 is 24.3 Å². The third-order valence-corrected chi connectivity index (χ3v) is 5.77. The van der Waals surface area contributed by atoms with E-state index in [2.05, 4.69) is 43.1 Å². The van der Waals surface area contributed by atoms with Crippen molar-refractivity contribution in [1.82, 2.24) is 19.4 Å². The van der Waals surface area contributed by atoms with Gasteiger partial charge in [-0.15, -0.1) is 11.3 Å². The second-order valence-corrected chi connectivity index (χ2v) is 9.09. The molecule has 1 aliphatic heterocycles. The highest BCUT2D eigenvalue weighted by molar-refractivity contribution is 7.09. The van der Waals surface area contributed by atoms with E-state index in [1.54, 1.807) is 0 Å². The normalized spacial score (nSPS) is 15.6. The molecule has 3 aromatic rings. The van der Waals surface area contributed by atoms with Gasteiger partial charge in [-0.2, -0.15) is 26.3 Å². The van der Waals surface area contributed by atoms with E-state index in [0.29, 0.717) is 12.5 Å². The van der Waals surface area contributed by atoms with Crippen molar-refractivity contribution in [1.29, 1.82) is 0 Å². The topological polar surface area (TPSA) is 118 Å². The Morgan fingerprint density at radius 1 is 0.974 bits per heavy atom. The lowest BCUT2D eigenvalue weighted by molar-refractivity contribution is -0.193. The highest BCUT2D eigenvalue weighted by atomic mass is 32.1. The maximum atomic E-state index is 10.6. The van der Waals surface area contributed by atoms with Crippen LogP contribution < -0.4 is 0 Å². The number of carboxylic acids is 2. The van der Waals surface area contributed by atoms with Gasteiger partial charge in [-0.05, 0) is 23.6 Å². The Kier molecular flexibility index (Phi) is 11.9. The number of halogens is 6. The first-order chi connectivity index (χ1) is 18.3. The van der Waals surface area contributed by atoms with Crippen LogP contribution in [0.3, 0.4) is 0 Å². The van der Waals surface area contributed by atoms with Crippen molar-refractivity contribution in [2.45, 2.75) is 38.6 Å². The van der Waals surface area contributed by atoms with Crippen LogP contribution in [-0.2, 0) is 40.6 Å². The Morgan fingerprint density at radius 3 is 2.18 bits per heavy atom. The quantitative estimate of drug-likeness (QED) is 0.410. The average Bonchev–Trinajstić information content (AvgIpc) is 3.48. The van der Waals surface area contributed by atoms with Gasteiger partial charge in [0.15, 0.2) is 0 Å². The lowest BCUT2D eigenvalue weighted by Crippen LogP contribution is -2.29. The van der Waals surface area contributed by atoms with Crippen LogP contribution in [0.1, 0.15) is 16.4 Å². The number of hydrogen-bond donors (Lipinski definition) is 2. The van der Waals surface area contributed by atoms with Gasteiger partial charge in [0.2, 0.25) is 0 Å². The van der Waals surface area contributed by atoms with Crippen LogP contribution in [0.5, 0.6) is 0 Å². The molecule has 1 unspecified atom stereocenters. The summed E-state index contributed by atoms with van der Waals surface area (Å²) in [5, 5.41) is 16.4.